The number of hydrogen-bond donors (Lipinski definition) is 1. The minimum Gasteiger partial charge on any atom is -0.242 e. The lowest BCUT2D eigenvalue weighted by Crippen LogP contribution is -2.38. The minimum atomic E-state index is -0.917. The lowest BCUT2D eigenvalue weighted by Gasteiger charge is -2.20. The molecule has 0 aliphatic carbocycles. The molecule has 0 aromatic carbocycles. The molecule has 0 rings (SSSR count). The smallest absolute Gasteiger partial charge is 0.0972 e. The first-order chi connectivity index (χ1) is 4.88. The van der Waals surface area contributed by atoms with Gasteiger partial charge in [-0.1, -0.05) is 6.92 Å². The van der Waals surface area contributed by atoms with Gasteiger partial charge in [0, 0.05) is 6.04 Å². The predicted octanol–water partition coefficient (Wildman–Crippen LogP) is 1.84. The van der Waals surface area contributed by atoms with E-state index in [-0.39, 0.29) is 4.75 Å². The Hall–Kier alpha value is 0.110. The van der Waals surface area contributed by atoms with Gasteiger partial charge in [0.1, 0.15) is 0 Å². The van der Waals surface area contributed by atoms with Crippen LogP contribution in [0.25, 0.3) is 0 Å². The molecule has 2 nitrogen and oxygen atoms in total. The van der Waals surface area contributed by atoms with Crippen LogP contribution in [0.1, 0.15) is 41.0 Å². The second-order valence-corrected chi connectivity index (χ2v) is 5.81. The fourth-order valence-corrected chi connectivity index (χ4v) is 1.33. The first-order valence-electron chi connectivity index (χ1n) is 4.06. The van der Waals surface area contributed by atoms with Crippen LogP contribution in [-0.4, -0.2) is 15.0 Å². The zero-order chi connectivity index (χ0) is 9.07. The molecule has 0 spiro atoms. The summed E-state index contributed by atoms with van der Waals surface area (Å²) in [6.07, 6.45) is 1.02. The lowest BCUT2D eigenvalue weighted by molar-refractivity contribution is 0.597. The van der Waals surface area contributed by atoms with Gasteiger partial charge in [0.15, 0.2) is 0 Å². The zero-order valence-electron chi connectivity index (χ0n) is 8.10. The molecular formula is C8H19NOS. The van der Waals surface area contributed by atoms with Gasteiger partial charge in [0.25, 0.3) is 0 Å². The monoisotopic (exact) mass is 177 g/mol. The Kier molecular flexibility index (Phi) is 4.26. The Bertz CT molecular complexity index is 140. The SMILES string of the molecule is CC[C@H](C)N[S@](=O)C(C)(C)C. The Labute approximate surface area is 72.4 Å². The molecule has 0 aromatic rings. The Morgan fingerprint density at radius 1 is 1.45 bits per heavy atom. The molecule has 11 heavy (non-hydrogen) atoms. The van der Waals surface area contributed by atoms with Crippen LogP contribution < -0.4 is 4.72 Å². The summed E-state index contributed by atoms with van der Waals surface area (Å²) < 4.78 is 14.3. The minimum absolute atomic E-state index is 0.149. The summed E-state index contributed by atoms with van der Waals surface area (Å²) in [4.78, 5) is 0. The Morgan fingerprint density at radius 3 is 2.18 bits per heavy atom. The summed E-state index contributed by atoms with van der Waals surface area (Å²) in [7, 11) is -0.917. The van der Waals surface area contributed by atoms with Crippen LogP contribution in [-0.2, 0) is 11.0 Å². The summed E-state index contributed by atoms with van der Waals surface area (Å²) in [5.74, 6) is 0. The van der Waals surface area contributed by atoms with Crippen molar-refractivity contribution in [3.05, 3.63) is 0 Å². The van der Waals surface area contributed by atoms with Gasteiger partial charge in [0.05, 0.1) is 15.7 Å². The van der Waals surface area contributed by atoms with Crippen molar-refractivity contribution in [2.45, 2.75) is 51.8 Å². The molecule has 2 atom stereocenters. The summed E-state index contributed by atoms with van der Waals surface area (Å²) in [5.41, 5.74) is 0. The first kappa shape index (κ1) is 11.1. The molecule has 0 amide bonds. The summed E-state index contributed by atoms with van der Waals surface area (Å²) in [6, 6.07) is 0.343. The van der Waals surface area contributed by atoms with Crippen LogP contribution in [0, 0.1) is 0 Å². The second-order valence-electron chi connectivity index (χ2n) is 3.81. The van der Waals surface area contributed by atoms with E-state index in [9.17, 15) is 4.21 Å². The molecule has 0 aromatic heterocycles. The maximum atomic E-state index is 11.4. The molecule has 0 radical (unpaired) electrons. The van der Waals surface area contributed by atoms with Crippen molar-refractivity contribution >= 4 is 11.0 Å². The Morgan fingerprint density at radius 2 is 1.91 bits per heavy atom. The maximum absolute atomic E-state index is 11.4. The van der Waals surface area contributed by atoms with E-state index in [1.54, 1.807) is 0 Å². The molecule has 0 heterocycles. The van der Waals surface area contributed by atoms with Gasteiger partial charge in [-0.2, -0.15) is 0 Å². The fraction of sp³-hybridized carbons (Fsp3) is 1.00. The quantitative estimate of drug-likeness (QED) is 0.700. The molecular weight excluding hydrogens is 158 g/mol. The topological polar surface area (TPSA) is 29.1 Å². The average molecular weight is 177 g/mol. The Balaban J connectivity index is 3.88. The van der Waals surface area contributed by atoms with Crippen molar-refractivity contribution < 1.29 is 4.21 Å². The van der Waals surface area contributed by atoms with Gasteiger partial charge in [-0.05, 0) is 34.1 Å². The molecule has 0 aliphatic heterocycles. The van der Waals surface area contributed by atoms with Crippen molar-refractivity contribution in [3.63, 3.8) is 0 Å². The summed E-state index contributed by atoms with van der Waals surface area (Å²) in [5, 5.41) is 0. The van der Waals surface area contributed by atoms with Crippen molar-refractivity contribution in [2.24, 2.45) is 0 Å². The third-order valence-electron chi connectivity index (χ3n) is 1.48. The number of nitrogens with one attached hydrogen (secondary N) is 1. The maximum Gasteiger partial charge on any atom is 0.0972 e. The summed E-state index contributed by atoms with van der Waals surface area (Å²) in [6.45, 7) is 10.0. The van der Waals surface area contributed by atoms with Gasteiger partial charge in [-0.15, -0.1) is 0 Å². The zero-order valence-corrected chi connectivity index (χ0v) is 8.92. The molecule has 68 valence electrons. The second kappa shape index (κ2) is 4.21. The van der Waals surface area contributed by atoms with E-state index in [1.807, 2.05) is 27.7 Å². The first-order valence-corrected chi connectivity index (χ1v) is 5.21. The highest BCUT2D eigenvalue weighted by Crippen LogP contribution is 2.09. The molecule has 0 saturated heterocycles. The molecule has 0 fully saturated rings. The average Bonchev–Trinajstić information content (AvgIpc) is 1.85. The van der Waals surface area contributed by atoms with Crippen LogP contribution in [0.2, 0.25) is 0 Å². The molecule has 0 unspecified atom stereocenters. The van der Waals surface area contributed by atoms with E-state index >= 15 is 0 Å². The highest BCUT2D eigenvalue weighted by molar-refractivity contribution is 7.84. The predicted molar refractivity (Wildman–Crippen MR) is 50.8 cm³/mol. The van der Waals surface area contributed by atoms with Crippen molar-refractivity contribution in [1.82, 2.24) is 4.72 Å². The van der Waals surface area contributed by atoms with E-state index in [0.29, 0.717) is 6.04 Å². The van der Waals surface area contributed by atoms with Crippen LogP contribution in [0.3, 0.4) is 0 Å². The number of rotatable bonds is 3. The van der Waals surface area contributed by atoms with E-state index in [1.165, 1.54) is 0 Å². The molecule has 1 N–H and O–H groups in total. The van der Waals surface area contributed by atoms with E-state index in [0.717, 1.165) is 6.42 Å². The summed E-state index contributed by atoms with van der Waals surface area (Å²) >= 11 is 0. The molecule has 3 heteroatoms. The van der Waals surface area contributed by atoms with E-state index < -0.39 is 11.0 Å². The molecule has 0 saturated carbocycles. The lowest BCUT2D eigenvalue weighted by atomic mass is 10.3. The van der Waals surface area contributed by atoms with Gasteiger partial charge in [-0.3, -0.25) is 0 Å². The van der Waals surface area contributed by atoms with Crippen molar-refractivity contribution in [2.75, 3.05) is 0 Å². The molecule has 0 bridgehead atoms. The van der Waals surface area contributed by atoms with Gasteiger partial charge in [-0.25, -0.2) is 8.93 Å². The third-order valence-corrected chi connectivity index (χ3v) is 3.21. The fourth-order valence-electron chi connectivity index (χ4n) is 0.443. The van der Waals surface area contributed by atoms with E-state index in [2.05, 4.69) is 11.6 Å². The number of hydrogen-bond acceptors (Lipinski definition) is 1. The van der Waals surface area contributed by atoms with Gasteiger partial charge >= 0.3 is 0 Å². The standard InChI is InChI=1S/C8H19NOS/c1-6-7(2)9-11(10)8(3,4)5/h7,9H,6H2,1-5H3/t7-,11+/m0/s1. The third kappa shape index (κ3) is 4.53. The van der Waals surface area contributed by atoms with Crippen molar-refractivity contribution in [1.29, 1.82) is 0 Å². The normalized spacial score (nSPS) is 17.9. The van der Waals surface area contributed by atoms with Gasteiger partial charge < -0.3 is 0 Å². The van der Waals surface area contributed by atoms with Crippen molar-refractivity contribution in [3.8, 4) is 0 Å². The van der Waals surface area contributed by atoms with Crippen LogP contribution in [0.15, 0.2) is 0 Å². The van der Waals surface area contributed by atoms with Crippen LogP contribution in [0.5, 0.6) is 0 Å². The highest BCUT2D eigenvalue weighted by atomic mass is 32.2. The van der Waals surface area contributed by atoms with Crippen LogP contribution in [0.4, 0.5) is 0 Å². The van der Waals surface area contributed by atoms with E-state index in [4.69, 9.17) is 0 Å². The molecule has 0 aliphatic rings. The van der Waals surface area contributed by atoms with Gasteiger partial charge in [0.2, 0.25) is 0 Å². The highest BCUT2D eigenvalue weighted by Gasteiger charge is 2.20. The van der Waals surface area contributed by atoms with Crippen LogP contribution >= 0.6 is 0 Å². The largest absolute Gasteiger partial charge is 0.242 e.